The van der Waals surface area contributed by atoms with Crippen LogP contribution in [0.15, 0.2) is 36.5 Å². The molecule has 0 fully saturated rings. The molecule has 1 N–H and O–H groups in total. The predicted octanol–water partition coefficient (Wildman–Crippen LogP) is 1.45. The molecule has 0 spiro atoms. The van der Waals surface area contributed by atoms with Gasteiger partial charge in [-0.15, -0.1) is 0 Å². The first-order chi connectivity index (χ1) is 11.2. The van der Waals surface area contributed by atoms with Gasteiger partial charge in [0.25, 0.3) is 0 Å². The first kappa shape index (κ1) is 15.3. The van der Waals surface area contributed by atoms with Crippen molar-refractivity contribution in [3.8, 4) is 6.07 Å². The van der Waals surface area contributed by atoms with Crippen LogP contribution in [0.3, 0.4) is 0 Å². The second kappa shape index (κ2) is 6.63. The van der Waals surface area contributed by atoms with E-state index in [1.54, 1.807) is 13.2 Å². The van der Waals surface area contributed by atoms with Gasteiger partial charge in [0.15, 0.2) is 0 Å². The molecular formula is C17H19N5O. The molecule has 1 aliphatic heterocycles. The number of benzene rings is 1. The highest BCUT2D eigenvalue weighted by Crippen LogP contribution is 2.25. The summed E-state index contributed by atoms with van der Waals surface area (Å²) >= 11 is 0. The van der Waals surface area contributed by atoms with E-state index in [1.807, 2.05) is 35.0 Å². The molecule has 1 aromatic heterocycles. The van der Waals surface area contributed by atoms with Crippen molar-refractivity contribution in [2.24, 2.45) is 0 Å². The number of carbonyl (C=O) groups is 1. The van der Waals surface area contributed by atoms with Crippen molar-refractivity contribution < 1.29 is 4.79 Å². The molecule has 0 saturated carbocycles. The molecule has 1 atom stereocenters. The summed E-state index contributed by atoms with van der Waals surface area (Å²) in [6.45, 7) is 2.20. The number of amides is 1. The number of carbonyl (C=O) groups excluding carboxylic acids is 1. The molecule has 1 amide bonds. The van der Waals surface area contributed by atoms with E-state index in [1.165, 1.54) is 0 Å². The number of nitrogens with zero attached hydrogens (tertiary/aromatic N) is 4. The first-order valence-electron chi connectivity index (χ1n) is 7.64. The van der Waals surface area contributed by atoms with Gasteiger partial charge in [0.05, 0.1) is 29.8 Å². The van der Waals surface area contributed by atoms with Gasteiger partial charge in [0.2, 0.25) is 5.91 Å². The standard InChI is InChI=1S/C17H19N5O/c1-19-17(23)8-16-12-21(11-15-6-7-20-22(15)16)10-14-5-3-2-4-13(14)9-18/h2-7,16H,8,10-12H2,1H3,(H,19,23). The van der Waals surface area contributed by atoms with Gasteiger partial charge in [-0.05, 0) is 17.7 Å². The van der Waals surface area contributed by atoms with E-state index in [9.17, 15) is 10.1 Å². The topological polar surface area (TPSA) is 74.0 Å². The van der Waals surface area contributed by atoms with Crippen molar-refractivity contribution in [1.82, 2.24) is 20.0 Å². The fourth-order valence-electron chi connectivity index (χ4n) is 3.06. The fourth-order valence-corrected chi connectivity index (χ4v) is 3.06. The maximum Gasteiger partial charge on any atom is 0.221 e. The van der Waals surface area contributed by atoms with Crippen LogP contribution in [0.1, 0.15) is 29.3 Å². The number of fused-ring (bicyclic) bond motifs is 1. The summed E-state index contributed by atoms with van der Waals surface area (Å²) in [5, 5.41) is 16.3. The molecule has 0 bridgehead atoms. The molecule has 118 valence electrons. The van der Waals surface area contributed by atoms with Crippen LogP contribution in [0.25, 0.3) is 0 Å². The van der Waals surface area contributed by atoms with Gasteiger partial charge in [-0.25, -0.2) is 0 Å². The number of hydrogen-bond donors (Lipinski definition) is 1. The van der Waals surface area contributed by atoms with Gasteiger partial charge < -0.3 is 5.32 Å². The Bertz CT molecular complexity index is 745. The van der Waals surface area contributed by atoms with Crippen molar-refractivity contribution in [3.05, 3.63) is 53.3 Å². The maximum absolute atomic E-state index is 11.8. The van der Waals surface area contributed by atoms with E-state index in [4.69, 9.17) is 0 Å². The van der Waals surface area contributed by atoms with E-state index in [2.05, 4.69) is 21.4 Å². The lowest BCUT2D eigenvalue weighted by atomic mass is 10.1. The molecule has 1 aliphatic rings. The molecule has 1 unspecified atom stereocenters. The molecule has 0 saturated heterocycles. The minimum atomic E-state index is 0.00993. The molecule has 6 heteroatoms. The van der Waals surface area contributed by atoms with E-state index in [-0.39, 0.29) is 11.9 Å². The van der Waals surface area contributed by atoms with E-state index < -0.39 is 0 Å². The molecule has 2 heterocycles. The van der Waals surface area contributed by atoms with E-state index in [0.29, 0.717) is 18.5 Å². The summed E-state index contributed by atoms with van der Waals surface area (Å²) in [6.07, 6.45) is 2.18. The zero-order chi connectivity index (χ0) is 16.2. The maximum atomic E-state index is 11.8. The van der Waals surface area contributed by atoms with Gasteiger partial charge in [0, 0.05) is 32.9 Å². The first-order valence-corrected chi connectivity index (χ1v) is 7.64. The lowest BCUT2D eigenvalue weighted by Gasteiger charge is -2.33. The predicted molar refractivity (Wildman–Crippen MR) is 85.2 cm³/mol. The molecular weight excluding hydrogens is 290 g/mol. The highest BCUT2D eigenvalue weighted by Gasteiger charge is 2.27. The van der Waals surface area contributed by atoms with Crippen LogP contribution in [0, 0.1) is 11.3 Å². The van der Waals surface area contributed by atoms with Crippen LogP contribution in [-0.4, -0.2) is 34.2 Å². The van der Waals surface area contributed by atoms with Gasteiger partial charge >= 0.3 is 0 Å². The average molecular weight is 309 g/mol. The fraction of sp³-hybridized carbons (Fsp3) is 0.353. The highest BCUT2D eigenvalue weighted by molar-refractivity contribution is 5.76. The Kier molecular flexibility index (Phi) is 4.40. The molecule has 6 nitrogen and oxygen atoms in total. The van der Waals surface area contributed by atoms with Crippen LogP contribution < -0.4 is 5.32 Å². The third kappa shape index (κ3) is 3.25. The summed E-state index contributed by atoms with van der Waals surface area (Å²) in [4.78, 5) is 14.0. The summed E-state index contributed by atoms with van der Waals surface area (Å²) in [6, 6.07) is 11.9. The number of rotatable bonds is 4. The zero-order valence-electron chi connectivity index (χ0n) is 13.1. The smallest absolute Gasteiger partial charge is 0.221 e. The summed E-state index contributed by atoms with van der Waals surface area (Å²) in [7, 11) is 1.65. The van der Waals surface area contributed by atoms with Gasteiger partial charge in [-0.3, -0.25) is 14.4 Å². The molecule has 0 radical (unpaired) electrons. The lowest BCUT2D eigenvalue weighted by molar-refractivity contribution is -0.121. The van der Waals surface area contributed by atoms with Crippen LogP contribution in [0.5, 0.6) is 0 Å². The van der Waals surface area contributed by atoms with Gasteiger partial charge in [-0.1, -0.05) is 18.2 Å². The SMILES string of the molecule is CNC(=O)CC1CN(Cc2ccccc2C#N)Cc2ccnn21. The van der Waals surface area contributed by atoms with Crippen molar-refractivity contribution in [1.29, 1.82) is 5.26 Å². The Morgan fingerprint density at radius 1 is 1.43 bits per heavy atom. The Hall–Kier alpha value is -2.65. The molecule has 2 aromatic rings. The average Bonchev–Trinajstić information content (AvgIpc) is 3.04. The van der Waals surface area contributed by atoms with Crippen molar-refractivity contribution in [2.45, 2.75) is 25.6 Å². The van der Waals surface area contributed by atoms with Gasteiger partial charge in [0.1, 0.15) is 0 Å². The van der Waals surface area contributed by atoms with E-state index in [0.717, 1.165) is 24.3 Å². The van der Waals surface area contributed by atoms with Crippen LogP contribution in [-0.2, 0) is 17.9 Å². The largest absolute Gasteiger partial charge is 0.359 e. The van der Waals surface area contributed by atoms with Crippen molar-refractivity contribution >= 4 is 5.91 Å². The second-order valence-electron chi connectivity index (χ2n) is 5.74. The minimum Gasteiger partial charge on any atom is -0.359 e. The lowest BCUT2D eigenvalue weighted by Crippen LogP contribution is -2.39. The summed E-state index contributed by atoms with van der Waals surface area (Å²) < 4.78 is 1.95. The Labute approximate surface area is 135 Å². The molecule has 3 rings (SSSR count). The Morgan fingerprint density at radius 3 is 3.04 bits per heavy atom. The highest BCUT2D eigenvalue weighted by atomic mass is 16.1. The number of nitriles is 1. The number of hydrogen-bond acceptors (Lipinski definition) is 4. The third-order valence-electron chi connectivity index (χ3n) is 4.18. The Balaban J connectivity index is 1.80. The third-order valence-corrected chi connectivity index (χ3v) is 4.18. The van der Waals surface area contributed by atoms with Crippen LogP contribution >= 0.6 is 0 Å². The summed E-state index contributed by atoms with van der Waals surface area (Å²) in [5.41, 5.74) is 2.82. The van der Waals surface area contributed by atoms with Crippen molar-refractivity contribution in [2.75, 3.05) is 13.6 Å². The quantitative estimate of drug-likeness (QED) is 0.927. The van der Waals surface area contributed by atoms with Gasteiger partial charge in [-0.2, -0.15) is 10.4 Å². The Morgan fingerprint density at radius 2 is 2.26 bits per heavy atom. The monoisotopic (exact) mass is 309 g/mol. The number of nitrogens with one attached hydrogen (secondary N) is 1. The minimum absolute atomic E-state index is 0.00993. The summed E-state index contributed by atoms with van der Waals surface area (Å²) in [5.74, 6) is 0.00993. The normalized spacial score (nSPS) is 17.3. The molecule has 23 heavy (non-hydrogen) atoms. The molecule has 0 aliphatic carbocycles. The molecule has 1 aromatic carbocycles. The second-order valence-corrected chi connectivity index (χ2v) is 5.74. The zero-order valence-corrected chi connectivity index (χ0v) is 13.1. The number of aromatic nitrogens is 2. The van der Waals surface area contributed by atoms with E-state index >= 15 is 0 Å². The van der Waals surface area contributed by atoms with Crippen LogP contribution in [0.4, 0.5) is 0 Å². The van der Waals surface area contributed by atoms with Crippen LogP contribution in [0.2, 0.25) is 0 Å². The van der Waals surface area contributed by atoms with Crippen molar-refractivity contribution in [3.63, 3.8) is 0 Å².